The Kier molecular flexibility index (Phi) is 5.59. The predicted molar refractivity (Wildman–Crippen MR) is 113 cm³/mol. The zero-order valence-electron chi connectivity index (χ0n) is 17.0. The maximum Gasteiger partial charge on any atom is 0.295 e. The number of phenols is 1. The van der Waals surface area contributed by atoms with Crippen molar-refractivity contribution in [1.29, 1.82) is 0 Å². The van der Waals surface area contributed by atoms with Crippen LogP contribution in [0.1, 0.15) is 22.7 Å². The minimum atomic E-state index is -0.936. The van der Waals surface area contributed by atoms with E-state index in [0.29, 0.717) is 5.56 Å². The molecule has 0 spiro atoms. The molecule has 1 aromatic heterocycles. The van der Waals surface area contributed by atoms with E-state index in [9.17, 15) is 24.2 Å². The van der Waals surface area contributed by atoms with Gasteiger partial charge in [-0.2, -0.15) is 0 Å². The number of carbonyl (C=O) groups is 2. The number of methoxy groups -OCH3 is 1. The van der Waals surface area contributed by atoms with Crippen LogP contribution in [0.4, 0.5) is 4.39 Å². The second-order valence-electron chi connectivity index (χ2n) is 7.22. The van der Waals surface area contributed by atoms with Crippen LogP contribution in [0.3, 0.4) is 0 Å². The Balaban J connectivity index is 1.86. The third-order valence-corrected chi connectivity index (χ3v) is 5.28. The van der Waals surface area contributed by atoms with E-state index in [0.717, 1.165) is 11.6 Å². The molecule has 0 bridgehead atoms. The van der Waals surface area contributed by atoms with Crippen LogP contribution in [-0.2, 0) is 16.1 Å². The first kappa shape index (κ1) is 21.0. The lowest BCUT2D eigenvalue weighted by molar-refractivity contribution is -0.140. The minimum Gasteiger partial charge on any atom is -0.508 e. The summed E-state index contributed by atoms with van der Waals surface area (Å²) in [7, 11) is 1.31. The highest BCUT2D eigenvalue weighted by molar-refractivity contribution is 6.46. The van der Waals surface area contributed by atoms with Gasteiger partial charge in [-0.3, -0.25) is 14.6 Å². The fourth-order valence-corrected chi connectivity index (χ4v) is 3.70. The molecule has 0 radical (unpaired) electrons. The third-order valence-electron chi connectivity index (χ3n) is 5.28. The number of carbonyl (C=O) groups excluding carboxylic acids is 2. The summed E-state index contributed by atoms with van der Waals surface area (Å²) in [5.41, 5.74) is 1.11. The number of hydrogen-bond donors (Lipinski definition) is 2. The molecule has 3 aromatic rings. The average Bonchev–Trinajstić information content (AvgIpc) is 3.04. The normalized spacial score (nSPS) is 17.6. The first-order chi connectivity index (χ1) is 15.4. The molecule has 8 heteroatoms. The second kappa shape index (κ2) is 8.50. The number of amides is 1. The molecule has 2 N–H and O–H groups in total. The second-order valence-corrected chi connectivity index (χ2v) is 7.22. The van der Waals surface area contributed by atoms with Gasteiger partial charge in [-0.25, -0.2) is 4.39 Å². The van der Waals surface area contributed by atoms with E-state index in [2.05, 4.69) is 4.98 Å². The van der Waals surface area contributed by atoms with Crippen LogP contribution in [0.15, 0.2) is 72.6 Å². The SMILES string of the molecule is COc1ccc(C(O)=C2C(=O)C(=O)N(Cc3ccncc3)C2c2ccc(O)cc2)cc1F. The number of ether oxygens (including phenoxy) is 1. The number of aromatic hydroxyl groups is 1. The molecule has 2 heterocycles. The molecule has 4 rings (SSSR count). The Labute approximate surface area is 183 Å². The van der Waals surface area contributed by atoms with Crippen LogP contribution in [0.5, 0.6) is 11.5 Å². The molecule has 1 aliphatic heterocycles. The van der Waals surface area contributed by atoms with Gasteiger partial charge >= 0.3 is 0 Å². The van der Waals surface area contributed by atoms with Crippen molar-refractivity contribution in [2.24, 2.45) is 0 Å². The lowest BCUT2D eigenvalue weighted by Gasteiger charge is -2.25. The molecule has 32 heavy (non-hydrogen) atoms. The van der Waals surface area contributed by atoms with Gasteiger partial charge < -0.3 is 19.8 Å². The zero-order chi connectivity index (χ0) is 22.8. The molecule has 7 nitrogen and oxygen atoms in total. The molecule has 1 aliphatic rings. The number of rotatable bonds is 5. The van der Waals surface area contributed by atoms with Gasteiger partial charge in [0.1, 0.15) is 11.5 Å². The number of phenolic OH excluding ortho intramolecular Hbond substituents is 1. The lowest BCUT2D eigenvalue weighted by Crippen LogP contribution is -2.29. The summed E-state index contributed by atoms with van der Waals surface area (Å²) in [6.45, 7) is 0.0897. The molecule has 1 amide bonds. The largest absolute Gasteiger partial charge is 0.508 e. The van der Waals surface area contributed by atoms with Gasteiger partial charge in [0.05, 0.1) is 18.7 Å². The fourth-order valence-electron chi connectivity index (χ4n) is 3.70. The standard InChI is InChI=1S/C24H19FN2O5/c1-32-19-7-4-16(12-18(19)25)22(29)20-21(15-2-5-17(28)6-3-15)27(24(31)23(20)30)13-14-8-10-26-11-9-14/h2-12,21,28-29H,13H2,1H3. The highest BCUT2D eigenvalue weighted by Gasteiger charge is 2.46. The van der Waals surface area contributed by atoms with Crippen molar-refractivity contribution in [3.8, 4) is 11.5 Å². The van der Waals surface area contributed by atoms with E-state index in [1.165, 1.54) is 36.3 Å². The van der Waals surface area contributed by atoms with Gasteiger partial charge in [-0.05, 0) is 53.6 Å². The number of Topliss-reactive ketones (excluding diaryl/α,β-unsaturated/α-hetero) is 1. The van der Waals surface area contributed by atoms with E-state index in [4.69, 9.17) is 4.74 Å². The first-order valence-corrected chi connectivity index (χ1v) is 9.71. The van der Waals surface area contributed by atoms with Crippen molar-refractivity contribution >= 4 is 17.4 Å². The van der Waals surface area contributed by atoms with Crippen molar-refractivity contribution in [2.45, 2.75) is 12.6 Å². The van der Waals surface area contributed by atoms with E-state index in [1.54, 1.807) is 36.7 Å². The smallest absolute Gasteiger partial charge is 0.295 e. The Morgan fingerprint density at radius 2 is 1.78 bits per heavy atom. The summed E-state index contributed by atoms with van der Waals surface area (Å²) in [5.74, 6) is -2.91. The Bertz CT molecular complexity index is 1210. The summed E-state index contributed by atoms with van der Waals surface area (Å²) >= 11 is 0. The van der Waals surface area contributed by atoms with E-state index >= 15 is 0 Å². The third kappa shape index (κ3) is 3.78. The van der Waals surface area contributed by atoms with Crippen molar-refractivity contribution in [3.05, 3.63) is 95.1 Å². The number of aliphatic hydroxyl groups is 1. The van der Waals surface area contributed by atoms with Crippen LogP contribution in [0.25, 0.3) is 5.76 Å². The number of likely N-dealkylation sites (tertiary alicyclic amines) is 1. The molecular weight excluding hydrogens is 415 g/mol. The molecule has 0 aliphatic carbocycles. The van der Waals surface area contributed by atoms with Crippen molar-refractivity contribution < 1.29 is 28.9 Å². The molecule has 1 saturated heterocycles. The van der Waals surface area contributed by atoms with Crippen LogP contribution >= 0.6 is 0 Å². The van der Waals surface area contributed by atoms with Crippen molar-refractivity contribution in [3.63, 3.8) is 0 Å². The van der Waals surface area contributed by atoms with Crippen LogP contribution in [0.2, 0.25) is 0 Å². The Morgan fingerprint density at radius 1 is 1.09 bits per heavy atom. The summed E-state index contributed by atoms with van der Waals surface area (Å²) in [6.07, 6.45) is 3.14. The number of ketones is 1. The first-order valence-electron chi connectivity index (χ1n) is 9.71. The predicted octanol–water partition coefficient (Wildman–Crippen LogP) is 3.56. The number of benzene rings is 2. The molecule has 0 saturated carbocycles. The van der Waals surface area contributed by atoms with Crippen molar-refractivity contribution in [2.75, 3.05) is 7.11 Å². The summed E-state index contributed by atoms with van der Waals surface area (Å²) < 4.78 is 19.1. The lowest BCUT2D eigenvalue weighted by atomic mass is 9.95. The number of hydrogen-bond acceptors (Lipinski definition) is 6. The highest BCUT2D eigenvalue weighted by Crippen LogP contribution is 2.41. The number of aliphatic hydroxyl groups excluding tert-OH is 1. The van der Waals surface area contributed by atoms with E-state index in [-0.39, 0.29) is 29.2 Å². The fraction of sp³-hybridized carbons (Fsp3) is 0.125. The monoisotopic (exact) mass is 434 g/mol. The van der Waals surface area contributed by atoms with E-state index < -0.39 is 29.3 Å². The Morgan fingerprint density at radius 3 is 2.41 bits per heavy atom. The average molecular weight is 434 g/mol. The quantitative estimate of drug-likeness (QED) is 0.362. The zero-order valence-corrected chi connectivity index (χ0v) is 17.0. The number of pyridine rings is 1. The molecule has 1 fully saturated rings. The van der Waals surface area contributed by atoms with Crippen LogP contribution < -0.4 is 4.74 Å². The number of aromatic nitrogens is 1. The summed E-state index contributed by atoms with van der Waals surface area (Å²) in [6, 6.07) is 12.2. The number of nitrogens with zero attached hydrogens (tertiary/aromatic N) is 2. The summed E-state index contributed by atoms with van der Waals surface area (Å²) in [4.78, 5) is 31.2. The van der Waals surface area contributed by atoms with E-state index in [1.807, 2.05) is 0 Å². The molecule has 1 atom stereocenters. The molecule has 162 valence electrons. The number of halogens is 1. The molecule has 2 aromatic carbocycles. The van der Waals surface area contributed by atoms with Gasteiger partial charge in [0.25, 0.3) is 11.7 Å². The van der Waals surface area contributed by atoms with Crippen molar-refractivity contribution in [1.82, 2.24) is 9.88 Å². The Hall–Kier alpha value is -4.20. The highest BCUT2D eigenvalue weighted by atomic mass is 19.1. The van der Waals surface area contributed by atoms with Gasteiger partial charge in [0, 0.05) is 24.5 Å². The van der Waals surface area contributed by atoms with Gasteiger partial charge in [0.15, 0.2) is 11.6 Å². The summed E-state index contributed by atoms with van der Waals surface area (Å²) in [5, 5.41) is 20.6. The van der Waals surface area contributed by atoms with Gasteiger partial charge in [0.2, 0.25) is 0 Å². The van der Waals surface area contributed by atoms with Crippen LogP contribution in [0, 0.1) is 5.82 Å². The maximum absolute atomic E-state index is 14.2. The molecule has 1 unspecified atom stereocenters. The molecular formula is C24H19FN2O5. The maximum atomic E-state index is 14.2. The van der Waals surface area contributed by atoms with Gasteiger partial charge in [-0.15, -0.1) is 0 Å². The topological polar surface area (TPSA) is 100.0 Å². The van der Waals surface area contributed by atoms with Crippen LogP contribution in [-0.4, -0.2) is 38.9 Å². The minimum absolute atomic E-state index is 0.0112. The van der Waals surface area contributed by atoms with Gasteiger partial charge in [-0.1, -0.05) is 12.1 Å².